The van der Waals surface area contributed by atoms with Gasteiger partial charge >= 0.3 is 0 Å². The Balaban J connectivity index is 0.000001000. The van der Waals surface area contributed by atoms with Crippen LogP contribution in [0.3, 0.4) is 0 Å². The lowest BCUT2D eigenvalue weighted by atomic mass is 10.1. The van der Waals surface area contributed by atoms with Crippen molar-refractivity contribution in [3.63, 3.8) is 0 Å². The minimum Gasteiger partial charge on any atom is -0.324 e. The van der Waals surface area contributed by atoms with Gasteiger partial charge in [0, 0.05) is 18.4 Å². The van der Waals surface area contributed by atoms with Crippen molar-refractivity contribution in [3.05, 3.63) is 29.0 Å². The van der Waals surface area contributed by atoms with Crippen molar-refractivity contribution in [1.82, 2.24) is 4.98 Å². The molecule has 0 bridgehead atoms. The molecule has 2 N–H and O–H groups in total. The van der Waals surface area contributed by atoms with Gasteiger partial charge in [-0.1, -0.05) is 11.6 Å². The lowest BCUT2D eigenvalue weighted by molar-refractivity contribution is 0.816. The Morgan fingerprint density at radius 3 is 2.64 bits per heavy atom. The summed E-state index contributed by atoms with van der Waals surface area (Å²) in [5.41, 5.74) is 6.54. The van der Waals surface area contributed by atoms with Crippen LogP contribution in [0.2, 0.25) is 5.02 Å². The van der Waals surface area contributed by atoms with Crippen LogP contribution >= 0.6 is 24.0 Å². The largest absolute Gasteiger partial charge is 0.324 e. The van der Waals surface area contributed by atoms with Crippen molar-refractivity contribution in [2.75, 3.05) is 0 Å². The van der Waals surface area contributed by atoms with Crippen LogP contribution in [0.1, 0.15) is 18.5 Å². The van der Waals surface area contributed by atoms with Gasteiger partial charge in [0.2, 0.25) is 0 Å². The molecule has 4 heteroatoms. The molecule has 0 unspecified atom stereocenters. The summed E-state index contributed by atoms with van der Waals surface area (Å²) in [6.45, 7) is 1.89. The van der Waals surface area contributed by atoms with Crippen molar-refractivity contribution in [1.29, 1.82) is 0 Å². The van der Waals surface area contributed by atoms with E-state index in [-0.39, 0.29) is 18.4 Å². The van der Waals surface area contributed by atoms with Crippen LogP contribution in [-0.2, 0) is 0 Å². The molecule has 0 aromatic carbocycles. The predicted octanol–water partition coefficient (Wildman–Crippen LogP) is 2.18. The average Bonchev–Trinajstić information content (AvgIpc) is 1.88. The van der Waals surface area contributed by atoms with E-state index in [4.69, 9.17) is 17.3 Å². The molecule has 1 aromatic heterocycles. The quantitative estimate of drug-likeness (QED) is 0.742. The number of rotatable bonds is 1. The minimum atomic E-state index is -0.0181. The van der Waals surface area contributed by atoms with E-state index >= 15 is 0 Å². The number of pyridine rings is 1. The molecule has 0 spiro atoms. The molecular weight excluding hydrogens is 183 g/mol. The summed E-state index contributed by atoms with van der Waals surface area (Å²) in [7, 11) is 0. The van der Waals surface area contributed by atoms with E-state index in [0.29, 0.717) is 5.02 Å². The van der Waals surface area contributed by atoms with Crippen molar-refractivity contribution < 1.29 is 0 Å². The second-order valence-corrected chi connectivity index (χ2v) is 2.59. The highest BCUT2D eigenvalue weighted by Gasteiger charge is 2.02. The normalized spacial score (nSPS) is 11.9. The lowest BCUT2D eigenvalue weighted by Gasteiger charge is -2.05. The molecular formula is C7H10Cl2N2. The van der Waals surface area contributed by atoms with Crippen LogP contribution < -0.4 is 5.73 Å². The van der Waals surface area contributed by atoms with Gasteiger partial charge in [0.1, 0.15) is 0 Å². The SMILES string of the molecule is C[C@H](N)c1ccncc1Cl.Cl. The van der Waals surface area contributed by atoms with Crippen LogP contribution in [0.15, 0.2) is 18.5 Å². The first-order valence-electron chi connectivity index (χ1n) is 3.07. The van der Waals surface area contributed by atoms with Crippen LogP contribution in [0, 0.1) is 0 Å². The van der Waals surface area contributed by atoms with Crippen LogP contribution in [0.5, 0.6) is 0 Å². The number of aromatic nitrogens is 1. The number of hydrogen-bond donors (Lipinski definition) is 1. The molecule has 0 aliphatic carbocycles. The first-order valence-corrected chi connectivity index (χ1v) is 3.44. The van der Waals surface area contributed by atoms with Crippen LogP contribution in [0.25, 0.3) is 0 Å². The van der Waals surface area contributed by atoms with Crippen molar-refractivity contribution in [2.24, 2.45) is 5.73 Å². The maximum atomic E-state index is 5.78. The van der Waals surface area contributed by atoms with Gasteiger partial charge < -0.3 is 5.73 Å². The molecule has 0 amide bonds. The fourth-order valence-corrected chi connectivity index (χ4v) is 1.05. The van der Waals surface area contributed by atoms with E-state index in [1.165, 1.54) is 0 Å². The minimum absolute atomic E-state index is 0. The fraction of sp³-hybridized carbons (Fsp3) is 0.286. The van der Waals surface area contributed by atoms with Gasteiger partial charge in [0.05, 0.1) is 5.02 Å². The maximum Gasteiger partial charge on any atom is 0.0636 e. The number of halogens is 2. The molecule has 0 saturated carbocycles. The molecule has 0 saturated heterocycles. The third-order valence-corrected chi connectivity index (χ3v) is 1.61. The monoisotopic (exact) mass is 192 g/mol. The second-order valence-electron chi connectivity index (χ2n) is 2.19. The van der Waals surface area contributed by atoms with E-state index in [9.17, 15) is 0 Å². The van der Waals surface area contributed by atoms with Crippen LogP contribution in [-0.4, -0.2) is 4.98 Å². The van der Waals surface area contributed by atoms with Gasteiger partial charge in [-0.2, -0.15) is 0 Å². The Bertz CT molecular complexity index is 225. The Morgan fingerprint density at radius 1 is 1.64 bits per heavy atom. The maximum absolute atomic E-state index is 5.78. The Hall–Kier alpha value is -0.310. The summed E-state index contributed by atoms with van der Waals surface area (Å²) < 4.78 is 0. The topological polar surface area (TPSA) is 38.9 Å². The molecule has 0 aliphatic heterocycles. The zero-order valence-corrected chi connectivity index (χ0v) is 7.69. The van der Waals surface area contributed by atoms with Crippen LogP contribution in [0.4, 0.5) is 0 Å². The van der Waals surface area contributed by atoms with Gasteiger partial charge in [-0.05, 0) is 18.6 Å². The van der Waals surface area contributed by atoms with Gasteiger partial charge in [-0.15, -0.1) is 12.4 Å². The number of hydrogen-bond acceptors (Lipinski definition) is 2. The highest BCUT2D eigenvalue weighted by Crippen LogP contribution is 2.18. The molecule has 2 nitrogen and oxygen atoms in total. The fourth-order valence-electron chi connectivity index (χ4n) is 0.755. The summed E-state index contributed by atoms with van der Waals surface area (Å²) in [6, 6.07) is 1.81. The molecule has 1 heterocycles. The second kappa shape index (κ2) is 4.54. The van der Waals surface area contributed by atoms with Crippen molar-refractivity contribution in [3.8, 4) is 0 Å². The van der Waals surface area contributed by atoms with Crippen molar-refractivity contribution in [2.45, 2.75) is 13.0 Å². The first kappa shape index (κ1) is 10.7. The average molecular weight is 193 g/mol. The third kappa shape index (κ3) is 2.66. The van der Waals surface area contributed by atoms with Gasteiger partial charge in [0.25, 0.3) is 0 Å². The number of nitrogens with two attached hydrogens (primary N) is 1. The summed E-state index contributed by atoms with van der Waals surface area (Å²) in [5.74, 6) is 0. The zero-order valence-electron chi connectivity index (χ0n) is 6.12. The molecule has 62 valence electrons. The smallest absolute Gasteiger partial charge is 0.0636 e. The molecule has 11 heavy (non-hydrogen) atoms. The third-order valence-electron chi connectivity index (χ3n) is 1.29. The Morgan fingerprint density at radius 2 is 2.27 bits per heavy atom. The van der Waals surface area contributed by atoms with E-state index in [1.54, 1.807) is 12.4 Å². The first-order chi connectivity index (χ1) is 4.72. The van der Waals surface area contributed by atoms with Crippen molar-refractivity contribution >= 4 is 24.0 Å². The highest BCUT2D eigenvalue weighted by molar-refractivity contribution is 6.31. The summed E-state index contributed by atoms with van der Waals surface area (Å²) in [6.07, 6.45) is 3.28. The highest BCUT2D eigenvalue weighted by atomic mass is 35.5. The van der Waals surface area contributed by atoms with Gasteiger partial charge in [-0.25, -0.2) is 0 Å². The van der Waals surface area contributed by atoms with E-state index in [0.717, 1.165) is 5.56 Å². The van der Waals surface area contributed by atoms with Gasteiger partial charge in [0.15, 0.2) is 0 Å². The Labute approximate surface area is 77.2 Å². The van der Waals surface area contributed by atoms with E-state index in [2.05, 4.69) is 4.98 Å². The van der Waals surface area contributed by atoms with E-state index in [1.807, 2.05) is 13.0 Å². The molecule has 1 rings (SSSR count). The predicted molar refractivity (Wildman–Crippen MR) is 49.1 cm³/mol. The molecule has 0 aliphatic rings. The molecule has 0 fully saturated rings. The zero-order chi connectivity index (χ0) is 7.56. The van der Waals surface area contributed by atoms with E-state index < -0.39 is 0 Å². The lowest BCUT2D eigenvalue weighted by Crippen LogP contribution is -2.05. The molecule has 1 atom stereocenters. The summed E-state index contributed by atoms with van der Waals surface area (Å²) >= 11 is 5.78. The molecule has 1 aromatic rings. The summed E-state index contributed by atoms with van der Waals surface area (Å²) in [4.78, 5) is 3.84. The van der Waals surface area contributed by atoms with Gasteiger partial charge in [-0.3, -0.25) is 4.98 Å². The standard InChI is InChI=1S/C7H9ClN2.ClH/c1-5(9)6-2-3-10-4-7(6)8;/h2-5H,9H2,1H3;1H/t5-;/m0./s1. The summed E-state index contributed by atoms with van der Waals surface area (Å²) in [5, 5.41) is 0.637. The number of nitrogens with zero attached hydrogens (tertiary/aromatic N) is 1. The molecule has 0 radical (unpaired) electrons. The Kier molecular flexibility index (Phi) is 4.42.